The Bertz CT molecular complexity index is 744. The number of alkyl carbamates (subject to hydrolysis) is 1. The molecule has 0 aliphatic rings. The largest absolute Gasteiger partial charge is 0.444 e. The van der Waals surface area contributed by atoms with Crippen LogP contribution in [0.1, 0.15) is 32.4 Å². The Morgan fingerprint density at radius 3 is 2.38 bits per heavy atom. The molecule has 0 heterocycles. The van der Waals surface area contributed by atoms with E-state index in [1.807, 2.05) is 54.6 Å². The maximum absolute atomic E-state index is 12.1. The number of hydrogen-bond donors (Lipinski definition) is 2. The van der Waals surface area contributed by atoms with Crippen molar-refractivity contribution < 1.29 is 14.3 Å². The summed E-state index contributed by atoms with van der Waals surface area (Å²) in [6.45, 7) is 5.32. The van der Waals surface area contributed by atoms with Crippen molar-refractivity contribution in [2.24, 2.45) is 0 Å². The fourth-order valence-electron chi connectivity index (χ4n) is 2.44. The molecule has 5 nitrogen and oxygen atoms in total. The molecule has 0 aliphatic carbocycles. The molecule has 138 valence electrons. The first kappa shape index (κ1) is 20.0. The average Bonchev–Trinajstić information content (AvgIpc) is 2.57. The molecule has 2 rings (SSSR count). The highest BCUT2D eigenvalue weighted by molar-refractivity contribution is 9.10. The fourth-order valence-corrected chi connectivity index (χ4v) is 2.84. The minimum absolute atomic E-state index is 0.449. The zero-order valence-electron chi connectivity index (χ0n) is 15.0. The van der Waals surface area contributed by atoms with Gasteiger partial charge in [0.1, 0.15) is 17.9 Å². The third kappa shape index (κ3) is 6.19. The number of rotatable bonds is 6. The number of anilines is 1. The van der Waals surface area contributed by atoms with Gasteiger partial charge in [0, 0.05) is 10.2 Å². The van der Waals surface area contributed by atoms with E-state index in [-0.39, 0.29) is 0 Å². The van der Waals surface area contributed by atoms with Gasteiger partial charge in [0.15, 0.2) is 0 Å². The second kappa shape index (κ2) is 8.85. The van der Waals surface area contributed by atoms with Crippen molar-refractivity contribution in [2.45, 2.75) is 38.5 Å². The SMILES string of the molecule is CC(C)(C)OC(=O)NC(C=O)C(Nc1cccc(Br)c1)c1ccccc1. The van der Waals surface area contributed by atoms with E-state index in [1.54, 1.807) is 20.8 Å². The Balaban J connectivity index is 2.26. The van der Waals surface area contributed by atoms with Gasteiger partial charge in [-0.05, 0) is 44.5 Å². The number of ether oxygens (including phenoxy) is 1. The first-order valence-electron chi connectivity index (χ1n) is 8.30. The number of carbonyl (C=O) groups excluding carboxylic acids is 2. The lowest BCUT2D eigenvalue weighted by Gasteiger charge is -2.28. The van der Waals surface area contributed by atoms with Crippen molar-refractivity contribution in [2.75, 3.05) is 5.32 Å². The normalized spacial score (nSPS) is 13.4. The average molecular weight is 419 g/mol. The van der Waals surface area contributed by atoms with Gasteiger partial charge in [-0.3, -0.25) is 0 Å². The second-order valence-electron chi connectivity index (χ2n) is 6.85. The molecule has 2 N–H and O–H groups in total. The van der Waals surface area contributed by atoms with Crippen LogP contribution >= 0.6 is 15.9 Å². The maximum Gasteiger partial charge on any atom is 0.408 e. The predicted molar refractivity (Wildman–Crippen MR) is 106 cm³/mol. The first-order chi connectivity index (χ1) is 12.3. The van der Waals surface area contributed by atoms with E-state index < -0.39 is 23.8 Å². The van der Waals surface area contributed by atoms with Crippen molar-refractivity contribution in [1.82, 2.24) is 5.32 Å². The van der Waals surface area contributed by atoms with E-state index >= 15 is 0 Å². The minimum Gasteiger partial charge on any atom is -0.444 e. The molecule has 0 spiro atoms. The molecule has 26 heavy (non-hydrogen) atoms. The highest BCUT2D eigenvalue weighted by Crippen LogP contribution is 2.24. The Hall–Kier alpha value is -2.34. The highest BCUT2D eigenvalue weighted by Gasteiger charge is 2.27. The van der Waals surface area contributed by atoms with Crippen molar-refractivity contribution >= 4 is 34.0 Å². The van der Waals surface area contributed by atoms with Crippen LogP contribution in [0.3, 0.4) is 0 Å². The number of aldehydes is 1. The molecule has 1 amide bonds. The zero-order chi connectivity index (χ0) is 19.2. The summed E-state index contributed by atoms with van der Waals surface area (Å²) in [5, 5.41) is 5.98. The summed E-state index contributed by atoms with van der Waals surface area (Å²) in [6, 6.07) is 15.9. The molecule has 0 aliphatic heterocycles. The van der Waals surface area contributed by atoms with Crippen LogP contribution in [0.15, 0.2) is 59.1 Å². The molecule has 2 aromatic carbocycles. The Morgan fingerprint density at radius 1 is 1.12 bits per heavy atom. The van der Waals surface area contributed by atoms with Crippen LogP contribution in [-0.4, -0.2) is 24.0 Å². The number of hydrogen-bond acceptors (Lipinski definition) is 4. The van der Waals surface area contributed by atoms with E-state index in [0.29, 0.717) is 6.29 Å². The van der Waals surface area contributed by atoms with Gasteiger partial charge in [-0.25, -0.2) is 4.79 Å². The summed E-state index contributed by atoms with van der Waals surface area (Å²) in [4.78, 5) is 23.9. The smallest absolute Gasteiger partial charge is 0.408 e. The van der Waals surface area contributed by atoms with Gasteiger partial charge in [0.25, 0.3) is 0 Å². The Kier molecular flexibility index (Phi) is 6.80. The van der Waals surface area contributed by atoms with Crippen molar-refractivity contribution in [1.29, 1.82) is 0 Å². The monoisotopic (exact) mass is 418 g/mol. The predicted octanol–water partition coefficient (Wildman–Crippen LogP) is 4.69. The van der Waals surface area contributed by atoms with E-state index in [2.05, 4.69) is 26.6 Å². The van der Waals surface area contributed by atoms with Gasteiger partial charge < -0.3 is 20.2 Å². The third-order valence-corrected chi connectivity index (χ3v) is 3.99. The summed E-state index contributed by atoms with van der Waals surface area (Å²) in [5.74, 6) is 0. The molecule has 0 saturated heterocycles. The molecule has 6 heteroatoms. The molecular weight excluding hydrogens is 396 g/mol. The second-order valence-corrected chi connectivity index (χ2v) is 7.77. The molecule has 0 saturated carbocycles. The lowest BCUT2D eigenvalue weighted by atomic mass is 9.99. The van der Waals surface area contributed by atoms with Crippen molar-refractivity contribution in [3.8, 4) is 0 Å². The Morgan fingerprint density at radius 2 is 1.81 bits per heavy atom. The third-order valence-electron chi connectivity index (χ3n) is 3.49. The van der Waals surface area contributed by atoms with Crippen molar-refractivity contribution in [3.63, 3.8) is 0 Å². The van der Waals surface area contributed by atoms with Gasteiger partial charge in [-0.15, -0.1) is 0 Å². The van der Waals surface area contributed by atoms with Crippen LogP contribution in [0.2, 0.25) is 0 Å². The fraction of sp³-hybridized carbons (Fsp3) is 0.300. The van der Waals surface area contributed by atoms with E-state index in [9.17, 15) is 9.59 Å². The van der Waals surface area contributed by atoms with Crippen LogP contribution in [0.5, 0.6) is 0 Å². The van der Waals surface area contributed by atoms with Gasteiger partial charge >= 0.3 is 6.09 Å². The standard InChI is InChI=1S/C20H23BrN2O3/c1-20(2,3)26-19(25)23-17(13-24)18(14-8-5-4-6-9-14)22-16-11-7-10-15(21)12-16/h4-13,17-18,22H,1-3H3,(H,23,25). The van der Waals surface area contributed by atoms with Crippen LogP contribution < -0.4 is 10.6 Å². The molecule has 0 aromatic heterocycles. The van der Waals surface area contributed by atoms with Gasteiger partial charge in [-0.2, -0.15) is 0 Å². The van der Waals surface area contributed by atoms with E-state index in [0.717, 1.165) is 15.7 Å². The van der Waals surface area contributed by atoms with Gasteiger partial charge in [0.2, 0.25) is 0 Å². The topological polar surface area (TPSA) is 67.4 Å². The number of benzene rings is 2. The molecule has 2 aromatic rings. The van der Waals surface area contributed by atoms with Crippen LogP contribution in [0.4, 0.5) is 10.5 Å². The summed E-state index contributed by atoms with van der Waals surface area (Å²) in [7, 11) is 0. The van der Waals surface area contributed by atoms with Crippen LogP contribution in [0.25, 0.3) is 0 Å². The van der Waals surface area contributed by atoms with Gasteiger partial charge in [0.05, 0.1) is 6.04 Å². The van der Waals surface area contributed by atoms with Crippen molar-refractivity contribution in [3.05, 3.63) is 64.6 Å². The lowest BCUT2D eigenvalue weighted by molar-refractivity contribution is -0.110. The summed E-state index contributed by atoms with van der Waals surface area (Å²) >= 11 is 3.44. The summed E-state index contributed by atoms with van der Waals surface area (Å²) < 4.78 is 6.20. The molecule has 0 bridgehead atoms. The zero-order valence-corrected chi connectivity index (χ0v) is 16.6. The highest BCUT2D eigenvalue weighted by atomic mass is 79.9. The molecular formula is C20H23BrN2O3. The Labute approximate surface area is 162 Å². The number of amides is 1. The maximum atomic E-state index is 12.1. The van der Waals surface area contributed by atoms with E-state index in [1.165, 1.54) is 0 Å². The minimum atomic E-state index is -0.800. The van der Waals surface area contributed by atoms with Gasteiger partial charge in [-0.1, -0.05) is 52.3 Å². The molecule has 0 radical (unpaired) electrons. The molecule has 2 atom stereocenters. The number of carbonyl (C=O) groups is 2. The van der Waals surface area contributed by atoms with Crippen LogP contribution in [0, 0.1) is 0 Å². The van der Waals surface area contributed by atoms with Crippen LogP contribution in [-0.2, 0) is 9.53 Å². The number of nitrogens with one attached hydrogen (secondary N) is 2. The summed E-state index contributed by atoms with van der Waals surface area (Å²) in [6.07, 6.45) is 0.0821. The van der Waals surface area contributed by atoms with E-state index in [4.69, 9.17) is 4.74 Å². The number of halogens is 1. The quantitative estimate of drug-likeness (QED) is 0.667. The lowest BCUT2D eigenvalue weighted by Crippen LogP contribution is -2.45. The summed E-state index contributed by atoms with van der Waals surface area (Å²) in [5.41, 5.74) is 1.06. The molecule has 2 unspecified atom stereocenters. The first-order valence-corrected chi connectivity index (χ1v) is 9.09. The molecule has 0 fully saturated rings.